The summed E-state index contributed by atoms with van der Waals surface area (Å²) in [5.41, 5.74) is 1.82. The maximum absolute atomic E-state index is 9.52. The van der Waals surface area contributed by atoms with Crippen molar-refractivity contribution in [3.05, 3.63) is 23.3 Å². The number of hydrogen-bond donors (Lipinski definition) is 1. The lowest BCUT2D eigenvalue weighted by atomic mass is 9.92. The minimum Gasteiger partial charge on any atom is -0.543 e. The first-order chi connectivity index (χ1) is 9.97. The first-order valence-corrected chi connectivity index (χ1v) is 11.0. The van der Waals surface area contributed by atoms with Crippen LogP contribution in [0.15, 0.2) is 12.1 Å². The summed E-state index contributed by atoms with van der Waals surface area (Å²) >= 11 is 0. The van der Waals surface area contributed by atoms with Crippen LogP contribution in [0, 0.1) is 6.92 Å². The van der Waals surface area contributed by atoms with Gasteiger partial charge in [0.15, 0.2) is 0 Å². The van der Waals surface area contributed by atoms with Crippen molar-refractivity contribution < 1.29 is 14.3 Å². The average molecular weight is 323 g/mol. The summed E-state index contributed by atoms with van der Waals surface area (Å²) in [5.74, 6) is 1.88. The number of fused-ring (bicyclic) bond motifs is 1. The maximum atomic E-state index is 9.52. The molecule has 1 aliphatic heterocycles. The molecule has 0 aromatic heterocycles. The fourth-order valence-corrected chi connectivity index (χ4v) is 3.47. The Bertz CT molecular complexity index is 560. The molecule has 2 rings (SSSR count). The number of aryl methyl sites for hydroxylation is 2. The van der Waals surface area contributed by atoms with E-state index < -0.39 is 13.9 Å². The van der Waals surface area contributed by atoms with Crippen LogP contribution in [0.1, 0.15) is 45.2 Å². The highest BCUT2D eigenvalue weighted by Crippen LogP contribution is 2.41. The summed E-state index contributed by atoms with van der Waals surface area (Å²) < 4.78 is 12.5. The minimum absolute atomic E-state index is 0.0497. The van der Waals surface area contributed by atoms with Gasteiger partial charge in [-0.2, -0.15) is 0 Å². The molecule has 0 amide bonds. The zero-order valence-corrected chi connectivity index (χ0v) is 16.0. The van der Waals surface area contributed by atoms with Gasteiger partial charge in [0.05, 0.1) is 6.61 Å². The van der Waals surface area contributed by atoms with E-state index >= 15 is 0 Å². The lowest BCUT2D eigenvalue weighted by Gasteiger charge is -2.38. The van der Waals surface area contributed by atoms with Crippen LogP contribution >= 0.6 is 0 Å². The van der Waals surface area contributed by atoms with E-state index in [0.29, 0.717) is 0 Å². The number of benzene rings is 1. The van der Waals surface area contributed by atoms with Gasteiger partial charge < -0.3 is 14.3 Å². The Morgan fingerprint density at radius 2 is 1.95 bits per heavy atom. The fraction of sp³-hybridized carbons (Fsp3) is 0.667. The van der Waals surface area contributed by atoms with Gasteiger partial charge in [-0.25, -0.2) is 0 Å². The third-order valence-corrected chi connectivity index (χ3v) is 9.47. The van der Waals surface area contributed by atoms with Gasteiger partial charge in [-0.1, -0.05) is 20.8 Å². The number of hydrogen-bond acceptors (Lipinski definition) is 3. The van der Waals surface area contributed by atoms with Gasteiger partial charge in [0, 0.05) is 0 Å². The van der Waals surface area contributed by atoms with E-state index in [0.717, 1.165) is 29.9 Å². The minimum atomic E-state index is -1.83. The maximum Gasteiger partial charge on any atom is 0.250 e. The van der Waals surface area contributed by atoms with Crippen LogP contribution in [-0.4, -0.2) is 25.6 Å². The Kier molecular flexibility index (Phi) is 4.39. The van der Waals surface area contributed by atoms with Crippen LogP contribution in [0.3, 0.4) is 0 Å². The Morgan fingerprint density at radius 3 is 2.50 bits per heavy atom. The van der Waals surface area contributed by atoms with E-state index in [2.05, 4.69) is 52.9 Å². The summed E-state index contributed by atoms with van der Waals surface area (Å²) in [5, 5.41) is 9.70. The Hall–Kier alpha value is -1.00. The van der Waals surface area contributed by atoms with Crippen LogP contribution in [0.5, 0.6) is 11.5 Å². The van der Waals surface area contributed by atoms with E-state index in [4.69, 9.17) is 9.16 Å². The smallest absolute Gasteiger partial charge is 0.250 e. The van der Waals surface area contributed by atoms with Crippen LogP contribution in [0.4, 0.5) is 0 Å². The Morgan fingerprint density at radius 1 is 1.32 bits per heavy atom. The van der Waals surface area contributed by atoms with Crippen molar-refractivity contribution in [2.75, 3.05) is 6.61 Å². The van der Waals surface area contributed by atoms with Crippen molar-refractivity contribution in [2.45, 2.75) is 71.2 Å². The molecule has 4 heteroatoms. The molecule has 0 saturated heterocycles. The summed E-state index contributed by atoms with van der Waals surface area (Å²) in [7, 11) is -1.83. The number of aliphatic hydroxyl groups is 1. The molecule has 1 aromatic rings. The predicted octanol–water partition coefficient (Wildman–Crippen LogP) is 4.46. The lowest BCUT2D eigenvalue weighted by Crippen LogP contribution is -2.44. The molecule has 1 aromatic carbocycles. The molecule has 1 aliphatic rings. The molecular weight excluding hydrogens is 292 g/mol. The normalized spacial score (nSPS) is 22.0. The topological polar surface area (TPSA) is 38.7 Å². The highest BCUT2D eigenvalue weighted by Gasteiger charge is 2.39. The van der Waals surface area contributed by atoms with Gasteiger partial charge in [0.25, 0.3) is 0 Å². The van der Waals surface area contributed by atoms with Crippen molar-refractivity contribution in [3.8, 4) is 11.5 Å². The molecule has 0 aliphatic carbocycles. The molecule has 22 heavy (non-hydrogen) atoms. The van der Waals surface area contributed by atoms with E-state index in [-0.39, 0.29) is 11.6 Å². The number of aliphatic hydroxyl groups excluding tert-OH is 1. The molecule has 1 atom stereocenters. The van der Waals surface area contributed by atoms with Gasteiger partial charge in [-0.05, 0) is 68.1 Å². The molecular formula is C18H30O3Si. The number of rotatable bonds is 3. The third-order valence-electron chi connectivity index (χ3n) is 5.11. The summed E-state index contributed by atoms with van der Waals surface area (Å²) in [6.07, 6.45) is 1.75. The summed E-state index contributed by atoms with van der Waals surface area (Å²) in [6.45, 7) is 15.4. The second kappa shape index (κ2) is 5.57. The van der Waals surface area contributed by atoms with E-state index in [1.165, 1.54) is 5.56 Å². The number of ether oxygens (including phenoxy) is 1. The van der Waals surface area contributed by atoms with Gasteiger partial charge in [-0.3, -0.25) is 0 Å². The molecule has 0 spiro atoms. The summed E-state index contributed by atoms with van der Waals surface area (Å²) in [6, 6.07) is 4.20. The Balaban J connectivity index is 2.31. The van der Waals surface area contributed by atoms with Gasteiger partial charge in [-0.15, -0.1) is 0 Å². The largest absolute Gasteiger partial charge is 0.543 e. The zero-order chi connectivity index (χ0) is 16.8. The van der Waals surface area contributed by atoms with Crippen molar-refractivity contribution in [2.24, 2.45) is 0 Å². The predicted molar refractivity (Wildman–Crippen MR) is 93.4 cm³/mol. The van der Waals surface area contributed by atoms with Crippen LogP contribution in [0.2, 0.25) is 18.1 Å². The van der Waals surface area contributed by atoms with E-state index in [9.17, 15) is 5.11 Å². The van der Waals surface area contributed by atoms with Gasteiger partial charge in [0.1, 0.15) is 17.1 Å². The highest BCUT2D eigenvalue weighted by atomic mass is 28.4. The van der Waals surface area contributed by atoms with Gasteiger partial charge in [0.2, 0.25) is 8.32 Å². The van der Waals surface area contributed by atoms with Crippen LogP contribution < -0.4 is 9.16 Å². The molecule has 0 unspecified atom stereocenters. The fourth-order valence-electron chi connectivity index (χ4n) is 2.46. The van der Waals surface area contributed by atoms with Crippen molar-refractivity contribution in [3.63, 3.8) is 0 Å². The quantitative estimate of drug-likeness (QED) is 0.835. The standard InChI is InChI=1S/C18H30O3Si/c1-13-10-15(21-22(6,7)17(2,3)4)11-14-8-9-18(5,12-19)20-16(13)14/h10-11,19H,8-9,12H2,1-7H3/t18-/m0/s1. The molecule has 0 radical (unpaired) electrons. The molecule has 0 saturated carbocycles. The average Bonchev–Trinajstić information content (AvgIpc) is 2.38. The summed E-state index contributed by atoms with van der Waals surface area (Å²) in [4.78, 5) is 0. The SMILES string of the molecule is Cc1cc(O[Si](C)(C)C(C)(C)C)cc2c1O[C@](C)(CO)CC2. The second-order valence-electron chi connectivity index (χ2n) is 8.30. The van der Waals surface area contributed by atoms with Crippen LogP contribution in [0.25, 0.3) is 0 Å². The van der Waals surface area contributed by atoms with Crippen molar-refractivity contribution in [1.29, 1.82) is 0 Å². The molecule has 0 fully saturated rings. The first kappa shape index (κ1) is 17.4. The van der Waals surface area contributed by atoms with E-state index in [1.54, 1.807) is 0 Å². The second-order valence-corrected chi connectivity index (χ2v) is 13.0. The molecule has 3 nitrogen and oxygen atoms in total. The molecule has 124 valence electrons. The molecule has 0 bridgehead atoms. The third kappa shape index (κ3) is 3.33. The first-order valence-electron chi connectivity index (χ1n) is 8.10. The van der Waals surface area contributed by atoms with Gasteiger partial charge >= 0.3 is 0 Å². The van der Waals surface area contributed by atoms with Crippen molar-refractivity contribution in [1.82, 2.24) is 0 Å². The highest BCUT2D eigenvalue weighted by molar-refractivity contribution is 6.74. The monoisotopic (exact) mass is 322 g/mol. The lowest BCUT2D eigenvalue weighted by molar-refractivity contribution is 0.00744. The zero-order valence-electron chi connectivity index (χ0n) is 15.0. The molecule has 1 heterocycles. The van der Waals surface area contributed by atoms with Crippen molar-refractivity contribution >= 4 is 8.32 Å². The Labute approximate surface area is 135 Å². The van der Waals surface area contributed by atoms with E-state index in [1.807, 2.05) is 6.92 Å². The molecule has 1 N–H and O–H groups in total. The van der Waals surface area contributed by atoms with Crippen LogP contribution in [-0.2, 0) is 6.42 Å².